The molecule has 1 rings (SSSR count). The molecular formula is C14H27N3O. The smallest absolute Gasteiger partial charge is 0.0584 e. The average molecular weight is 253 g/mol. The van der Waals surface area contributed by atoms with Crippen molar-refractivity contribution in [3.63, 3.8) is 0 Å². The minimum Gasteiger partial charge on any atom is -0.395 e. The number of aliphatic hydroxyl groups is 1. The van der Waals surface area contributed by atoms with Gasteiger partial charge in [-0.05, 0) is 31.2 Å². The Kier molecular flexibility index (Phi) is 5.82. The lowest BCUT2D eigenvalue weighted by Gasteiger charge is -2.28. The van der Waals surface area contributed by atoms with Crippen LogP contribution in [0.3, 0.4) is 0 Å². The van der Waals surface area contributed by atoms with Gasteiger partial charge in [0.25, 0.3) is 0 Å². The van der Waals surface area contributed by atoms with Crippen LogP contribution in [0.2, 0.25) is 0 Å². The highest BCUT2D eigenvalue weighted by Gasteiger charge is 2.19. The molecule has 2 atom stereocenters. The number of nitrogens with one attached hydrogen (secondary N) is 1. The molecule has 0 aliphatic rings. The van der Waals surface area contributed by atoms with Crippen LogP contribution >= 0.6 is 0 Å². The molecule has 18 heavy (non-hydrogen) atoms. The number of hydrogen-bond donors (Lipinski definition) is 2. The summed E-state index contributed by atoms with van der Waals surface area (Å²) in [6.45, 7) is 9.87. The zero-order chi connectivity index (χ0) is 13.6. The molecule has 0 aliphatic carbocycles. The van der Waals surface area contributed by atoms with Crippen LogP contribution in [0.1, 0.15) is 40.5 Å². The van der Waals surface area contributed by atoms with Crippen molar-refractivity contribution in [2.24, 2.45) is 5.41 Å². The van der Waals surface area contributed by atoms with E-state index in [2.05, 4.69) is 38.1 Å². The second kappa shape index (κ2) is 6.90. The van der Waals surface area contributed by atoms with E-state index in [9.17, 15) is 5.11 Å². The van der Waals surface area contributed by atoms with Crippen molar-refractivity contribution >= 4 is 0 Å². The van der Waals surface area contributed by atoms with E-state index in [-0.39, 0.29) is 18.1 Å². The van der Waals surface area contributed by atoms with Gasteiger partial charge in [-0.3, -0.25) is 4.68 Å². The van der Waals surface area contributed by atoms with Gasteiger partial charge in [-0.2, -0.15) is 5.10 Å². The monoisotopic (exact) mass is 253 g/mol. The van der Waals surface area contributed by atoms with Gasteiger partial charge in [-0.25, -0.2) is 0 Å². The molecule has 0 aromatic carbocycles. The number of aliphatic hydroxyl groups excluding tert-OH is 1. The zero-order valence-corrected chi connectivity index (χ0v) is 12.1. The lowest BCUT2D eigenvalue weighted by atomic mass is 9.88. The lowest BCUT2D eigenvalue weighted by Crippen LogP contribution is -2.41. The lowest BCUT2D eigenvalue weighted by molar-refractivity contribution is 0.187. The van der Waals surface area contributed by atoms with E-state index >= 15 is 0 Å². The first kappa shape index (κ1) is 15.2. The highest BCUT2D eigenvalue weighted by molar-refractivity contribution is 4.79. The highest BCUT2D eigenvalue weighted by Crippen LogP contribution is 2.20. The molecule has 0 radical (unpaired) electrons. The molecule has 1 aromatic heterocycles. The van der Waals surface area contributed by atoms with Gasteiger partial charge in [0.15, 0.2) is 0 Å². The second-order valence-corrected chi connectivity index (χ2v) is 6.27. The Morgan fingerprint density at radius 3 is 2.61 bits per heavy atom. The van der Waals surface area contributed by atoms with Gasteiger partial charge in [0, 0.05) is 31.0 Å². The Balaban J connectivity index is 2.30. The third-order valence-electron chi connectivity index (χ3n) is 2.95. The Morgan fingerprint density at radius 2 is 2.11 bits per heavy atom. The fourth-order valence-electron chi connectivity index (χ4n) is 2.16. The fraction of sp³-hybridized carbons (Fsp3) is 0.786. The van der Waals surface area contributed by atoms with E-state index in [4.69, 9.17) is 0 Å². The molecule has 4 heteroatoms. The molecule has 2 unspecified atom stereocenters. The molecule has 2 N–H and O–H groups in total. The van der Waals surface area contributed by atoms with Crippen LogP contribution in [0.25, 0.3) is 0 Å². The van der Waals surface area contributed by atoms with Gasteiger partial charge in [0.05, 0.1) is 6.61 Å². The molecule has 0 bridgehead atoms. The van der Waals surface area contributed by atoms with E-state index in [0.29, 0.717) is 6.04 Å². The van der Waals surface area contributed by atoms with Crippen molar-refractivity contribution in [3.05, 3.63) is 18.5 Å². The standard InChI is InChI=1S/C14H27N3O/c1-12(6-9-17-8-5-7-15-17)16-13(11-18)10-14(2,3)4/h5,7-8,12-13,16,18H,6,9-11H2,1-4H3. The molecule has 0 saturated carbocycles. The molecule has 0 amide bonds. The third kappa shape index (κ3) is 6.17. The van der Waals surface area contributed by atoms with E-state index < -0.39 is 0 Å². The normalized spacial score (nSPS) is 15.6. The minimum atomic E-state index is 0.178. The summed E-state index contributed by atoms with van der Waals surface area (Å²) in [4.78, 5) is 0. The minimum absolute atomic E-state index is 0.178. The molecular weight excluding hydrogens is 226 g/mol. The predicted octanol–water partition coefficient (Wildman–Crippen LogP) is 2.05. The molecule has 0 fully saturated rings. The van der Waals surface area contributed by atoms with Crippen molar-refractivity contribution in [3.8, 4) is 0 Å². The number of rotatable bonds is 7. The van der Waals surface area contributed by atoms with E-state index in [1.165, 1.54) is 0 Å². The first-order valence-electron chi connectivity index (χ1n) is 6.75. The SMILES string of the molecule is CC(CCn1cccn1)NC(CO)CC(C)(C)C. The molecule has 1 aromatic rings. The van der Waals surface area contributed by atoms with Gasteiger partial charge in [0.2, 0.25) is 0 Å². The molecule has 4 nitrogen and oxygen atoms in total. The first-order chi connectivity index (χ1) is 8.40. The summed E-state index contributed by atoms with van der Waals surface area (Å²) >= 11 is 0. The number of nitrogens with zero attached hydrogens (tertiary/aromatic N) is 2. The summed E-state index contributed by atoms with van der Waals surface area (Å²) in [5, 5.41) is 17.1. The summed E-state index contributed by atoms with van der Waals surface area (Å²) in [6.07, 6.45) is 5.78. The van der Waals surface area contributed by atoms with Gasteiger partial charge < -0.3 is 10.4 Å². The van der Waals surface area contributed by atoms with Gasteiger partial charge in [-0.15, -0.1) is 0 Å². The molecule has 0 aliphatic heterocycles. The van der Waals surface area contributed by atoms with Crippen molar-refractivity contribution < 1.29 is 5.11 Å². The molecule has 0 saturated heterocycles. The molecule has 1 heterocycles. The summed E-state index contributed by atoms with van der Waals surface area (Å²) in [7, 11) is 0. The Bertz CT molecular complexity index is 316. The van der Waals surface area contributed by atoms with E-state index in [1.807, 2.05) is 16.9 Å². The summed E-state index contributed by atoms with van der Waals surface area (Å²) in [5.41, 5.74) is 0.238. The highest BCUT2D eigenvalue weighted by atomic mass is 16.3. The van der Waals surface area contributed by atoms with Crippen molar-refractivity contribution in [1.82, 2.24) is 15.1 Å². The topological polar surface area (TPSA) is 50.1 Å². The Hall–Kier alpha value is -0.870. The van der Waals surface area contributed by atoms with Crippen molar-refractivity contribution in [2.45, 2.75) is 59.2 Å². The maximum Gasteiger partial charge on any atom is 0.0584 e. The number of hydrogen-bond acceptors (Lipinski definition) is 3. The third-order valence-corrected chi connectivity index (χ3v) is 2.95. The van der Waals surface area contributed by atoms with Crippen LogP contribution in [-0.4, -0.2) is 33.6 Å². The summed E-state index contributed by atoms with van der Waals surface area (Å²) < 4.78 is 1.94. The largest absolute Gasteiger partial charge is 0.395 e. The van der Waals surface area contributed by atoms with Crippen LogP contribution in [0.15, 0.2) is 18.5 Å². The van der Waals surface area contributed by atoms with Crippen molar-refractivity contribution in [1.29, 1.82) is 0 Å². The number of aryl methyl sites for hydroxylation is 1. The predicted molar refractivity (Wildman–Crippen MR) is 74.4 cm³/mol. The maximum atomic E-state index is 9.41. The van der Waals surface area contributed by atoms with Crippen LogP contribution in [0.4, 0.5) is 0 Å². The van der Waals surface area contributed by atoms with Crippen LogP contribution < -0.4 is 5.32 Å². The Morgan fingerprint density at radius 1 is 1.39 bits per heavy atom. The van der Waals surface area contributed by atoms with Crippen LogP contribution in [0, 0.1) is 5.41 Å². The number of aromatic nitrogens is 2. The quantitative estimate of drug-likeness (QED) is 0.782. The van der Waals surface area contributed by atoms with Crippen LogP contribution in [-0.2, 0) is 6.54 Å². The van der Waals surface area contributed by atoms with Gasteiger partial charge >= 0.3 is 0 Å². The fourth-order valence-corrected chi connectivity index (χ4v) is 2.16. The Labute approximate surface area is 110 Å². The molecule has 104 valence electrons. The van der Waals surface area contributed by atoms with Crippen molar-refractivity contribution in [2.75, 3.05) is 6.61 Å². The summed E-state index contributed by atoms with van der Waals surface area (Å²) in [5.74, 6) is 0. The summed E-state index contributed by atoms with van der Waals surface area (Å²) in [6, 6.07) is 2.50. The van der Waals surface area contributed by atoms with Crippen LogP contribution in [0.5, 0.6) is 0 Å². The second-order valence-electron chi connectivity index (χ2n) is 6.27. The van der Waals surface area contributed by atoms with Gasteiger partial charge in [-0.1, -0.05) is 20.8 Å². The van der Waals surface area contributed by atoms with E-state index in [1.54, 1.807) is 6.20 Å². The first-order valence-corrected chi connectivity index (χ1v) is 6.75. The zero-order valence-electron chi connectivity index (χ0n) is 12.1. The molecule has 0 spiro atoms. The van der Waals surface area contributed by atoms with Gasteiger partial charge in [0.1, 0.15) is 0 Å². The maximum absolute atomic E-state index is 9.41. The average Bonchev–Trinajstić information content (AvgIpc) is 2.76. The van der Waals surface area contributed by atoms with E-state index in [0.717, 1.165) is 19.4 Å².